The maximum absolute atomic E-state index is 13.4. The van der Waals surface area contributed by atoms with E-state index in [1.807, 2.05) is 48.5 Å². The van der Waals surface area contributed by atoms with Crippen LogP contribution in [0.15, 0.2) is 48.5 Å². The normalized spacial score (nSPS) is 36.2. The predicted molar refractivity (Wildman–Crippen MR) is 236 cm³/mol. The minimum Gasteiger partial charge on any atom is -0.453 e. The molecule has 14 heteroatoms. The second kappa shape index (κ2) is 17.5. The molecule has 0 aromatic heterocycles. The molecule has 2 heterocycles. The maximum atomic E-state index is 13.4. The van der Waals surface area contributed by atoms with E-state index in [-0.39, 0.29) is 46.9 Å². The third kappa shape index (κ3) is 8.70. The van der Waals surface area contributed by atoms with Crippen LogP contribution in [-0.2, 0) is 19.1 Å². The molecule has 6 atom stereocenters. The highest BCUT2D eigenvalue weighted by Gasteiger charge is 2.59. The van der Waals surface area contributed by atoms with Gasteiger partial charge >= 0.3 is 12.2 Å². The number of nitrogens with one attached hydrogen (secondary N) is 4. The van der Waals surface area contributed by atoms with E-state index in [9.17, 15) is 29.4 Å². The van der Waals surface area contributed by atoms with Gasteiger partial charge in [0, 0.05) is 61.0 Å². The third-order valence-corrected chi connectivity index (χ3v) is 16.3. The number of anilines is 4. The molecule has 12 rings (SSSR count). The highest BCUT2D eigenvalue weighted by molar-refractivity contribution is 5.86. The highest BCUT2D eigenvalue weighted by atomic mass is 16.5. The van der Waals surface area contributed by atoms with Gasteiger partial charge in [0.15, 0.2) is 0 Å². The number of carbonyl (C=O) groups is 4. The van der Waals surface area contributed by atoms with Gasteiger partial charge in [0.1, 0.15) is 0 Å². The lowest BCUT2D eigenvalue weighted by atomic mass is 9.48. The zero-order valence-electron chi connectivity index (χ0n) is 36.4. The topological polar surface area (TPSA) is 182 Å². The van der Waals surface area contributed by atoms with Crippen molar-refractivity contribution in [2.75, 3.05) is 60.8 Å². The van der Waals surface area contributed by atoms with Crippen molar-refractivity contribution in [3.05, 3.63) is 48.5 Å². The number of piperidine rings is 2. The summed E-state index contributed by atoms with van der Waals surface area (Å²) in [5.41, 5.74) is 3.07. The lowest BCUT2D eigenvalue weighted by Gasteiger charge is -2.58. The van der Waals surface area contributed by atoms with E-state index < -0.39 is 12.2 Å². The number of amides is 4. The van der Waals surface area contributed by atoms with Crippen molar-refractivity contribution in [2.45, 2.75) is 114 Å². The molecule has 2 aromatic rings. The molecule has 0 radical (unpaired) electrons. The summed E-state index contributed by atoms with van der Waals surface area (Å²) < 4.78 is 9.26. The minimum atomic E-state index is -0.481. The Morgan fingerprint density at radius 2 is 0.919 bits per heavy atom. The van der Waals surface area contributed by atoms with Crippen molar-refractivity contribution in [3.63, 3.8) is 0 Å². The van der Waals surface area contributed by atoms with Crippen molar-refractivity contribution < 1.29 is 38.9 Å². The fourth-order valence-corrected chi connectivity index (χ4v) is 13.7. The fourth-order valence-electron chi connectivity index (χ4n) is 13.7. The maximum Gasteiger partial charge on any atom is 0.411 e. The summed E-state index contributed by atoms with van der Waals surface area (Å²) in [6, 6.07) is 15.8. The van der Waals surface area contributed by atoms with Gasteiger partial charge in [-0.2, -0.15) is 0 Å². The van der Waals surface area contributed by atoms with Crippen molar-refractivity contribution in [1.82, 2.24) is 10.6 Å². The Balaban J connectivity index is 0.000000158. The third-order valence-electron chi connectivity index (χ3n) is 16.3. The molecule has 62 heavy (non-hydrogen) atoms. The Bertz CT molecular complexity index is 1790. The first-order chi connectivity index (χ1) is 29.9. The average Bonchev–Trinajstić information content (AvgIpc) is 3.27. The summed E-state index contributed by atoms with van der Waals surface area (Å²) in [4.78, 5) is 54.2. The number of aliphatic hydroxyl groups excluding tert-OH is 2. The van der Waals surface area contributed by atoms with Gasteiger partial charge in [-0.05, 0) is 174 Å². The smallest absolute Gasteiger partial charge is 0.411 e. The van der Waals surface area contributed by atoms with Crippen LogP contribution in [0, 0.1) is 46.3 Å². The largest absolute Gasteiger partial charge is 0.453 e. The van der Waals surface area contributed by atoms with Crippen LogP contribution in [0.3, 0.4) is 0 Å². The molecule has 10 fully saturated rings. The van der Waals surface area contributed by atoms with Crippen molar-refractivity contribution in [2.24, 2.45) is 46.3 Å². The molecule has 14 nitrogen and oxygen atoms in total. The first kappa shape index (κ1) is 42.7. The number of hydrogen-bond donors (Lipinski definition) is 6. The van der Waals surface area contributed by atoms with Crippen LogP contribution in [0.5, 0.6) is 0 Å². The Morgan fingerprint density at radius 1 is 0.565 bits per heavy atom. The summed E-state index contributed by atoms with van der Waals surface area (Å²) in [6.45, 7) is 3.51. The van der Waals surface area contributed by atoms with Gasteiger partial charge in [0.05, 0.1) is 37.3 Å². The highest BCUT2D eigenvalue weighted by Crippen LogP contribution is 2.61. The molecule has 8 saturated carbocycles. The van der Waals surface area contributed by atoms with Gasteiger partial charge in [0.2, 0.25) is 11.8 Å². The van der Waals surface area contributed by atoms with Crippen LogP contribution >= 0.6 is 0 Å². The van der Waals surface area contributed by atoms with Crippen LogP contribution < -0.4 is 31.1 Å². The van der Waals surface area contributed by atoms with E-state index in [0.717, 1.165) is 127 Å². The lowest BCUT2D eigenvalue weighted by molar-refractivity contribution is -0.164. The minimum absolute atomic E-state index is 0.145. The Labute approximate surface area is 365 Å². The molecule has 2 aliphatic heterocycles. The number of ether oxygens (including phenoxy) is 2. The second-order valence-corrected chi connectivity index (χ2v) is 20.3. The van der Waals surface area contributed by atoms with Gasteiger partial charge in [-0.1, -0.05) is 0 Å². The van der Waals surface area contributed by atoms with Crippen molar-refractivity contribution in [3.8, 4) is 0 Å². The number of methoxy groups -OCH3 is 2. The summed E-state index contributed by atoms with van der Waals surface area (Å²) in [7, 11) is 2.69. The first-order valence-electron chi connectivity index (χ1n) is 23.3. The molecular formula is C48H66N6O8. The van der Waals surface area contributed by atoms with E-state index in [2.05, 4.69) is 40.5 Å². The average molecular weight is 855 g/mol. The second-order valence-electron chi connectivity index (χ2n) is 20.3. The molecule has 336 valence electrons. The Morgan fingerprint density at radius 3 is 1.26 bits per heavy atom. The standard InChI is InChI=1S/2C24H33N3O4/c2*1-31-23(30)26-18-4-6-20(7-5-18)27-8-2-3-19(14-27)25-22(29)24-11-15-9-16(12-24)21(28)17(10-15)13-24/h2*4-7,15-17,19,21,28H,2-3,8-14H2,1H3,(H,25,29)(H,26,30)/t2*15?,16?,17?,19-,21?,24?/m00/s1. The Hall–Kier alpha value is -4.56. The lowest BCUT2D eigenvalue weighted by Crippen LogP contribution is -2.60. The molecule has 4 amide bonds. The summed E-state index contributed by atoms with van der Waals surface area (Å²) in [6.07, 6.45) is 12.6. The number of rotatable bonds is 8. The number of carbonyl (C=O) groups excluding carboxylic acids is 4. The van der Waals surface area contributed by atoms with Gasteiger partial charge in [0.25, 0.3) is 0 Å². The molecule has 6 N–H and O–H groups in total. The number of aliphatic hydroxyl groups is 2. The molecule has 8 aliphatic carbocycles. The molecule has 2 saturated heterocycles. The molecule has 2 aromatic carbocycles. The van der Waals surface area contributed by atoms with Crippen LogP contribution in [-0.4, -0.2) is 98.9 Å². The SMILES string of the molecule is COC(=O)Nc1ccc(N2CCC[C@H](NC(=O)C34CC5CC(C3)C(O)C(C5)C4)C2)cc1.COC(=O)Nc1ccc(N2CCC[C@H](NC(=O)C34CC5CC(C3)C(O)C(C5)C4)C2)cc1. The Kier molecular flexibility index (Phi) is 12.1. The molecular weight excluding hydrogens is 789 g/mol. The monoisotopic (exact) mass is 854 g/mol. The van der Waals surface area contributed by atoms with Gasteiger partial charge < -0.3 is 40.1 Å². The molecule has 8 bridgehead atoms. The van der Waals surface area contributed by atoms with Crippen LogP contribution in [0.4, 0.5) is 32.3 Å². The van der Waals surface area contributed by atoms with E-state index in [4.69, 9.17) is 0 Å². The first-order valence-corrected chi connectivity index (χ1v) is 23.3. The van der Waals surface area contributed by atoms with Crippen molar-refractivity contribution in [1.29, 1.82) is 0 Å². The molecule has 10 aliphatic rings. The summed E-state index contributed by atoms with van der Waals surface area (Å²) >= 11 is 0. The van der Waals surface area contributed by atoms with E-state index in [1.54, 1.807) is 0 Å². The zero-order valence-corrected chi connectivity index (χ0v) is 36.4. The number of benzene rings is 2. The number of nitrogens with zero attached hydrogens (tertiary/aromatic N) is 2. The summed E-state index contributed by atoms with van der Waals surface area (Å²) in [5, 5.41) is 33.2. The fraction of sp³-hybridized carbons (Fsp3) is 0.667. The predicted octanol–water partition coefficient (Wildman–Crippen LogP) is 6.27. The van der Waals surface area contributed by atoms with Gasteiger partial charge in [-0.25, -0.2) is 9.59 Å². The van der Waals surface area contributed by atoms with Gasteiger partial charge in [-0.3, -0.25) is 20.2 Å². The number of hydrogen-bond acceptors (Lipinski definition) is 10. The van der Waals surface area contributed by atoms with Crippen LogP contribution in [0.2, 0.25) is 0 Å². The summed E-state index contributed by atoms with van der Waals surface area (Å²) in [5.74, 6) is 2.95. The van der Waals surface area contributed by atoms with E-state index >= 15 is 0 Å². The quantitative estimate of drug-likeness (QED) is 0.177. The zero-order chi connectivity index (χ0) is 43.2. The van der Waals surface area contributed by atoms with E-state index in [1.165, 1.54) is 14.2 Å². The van der Waals surface area contributed by atoms with Gasteiger partial charge in [-0.15, -0.1) is 0 Å². The van der Waals surface area contributed by atoms with E-state index in [0.29, 0.717) is 46.9 Å². The molecule has 0 spiro atoms. The van der Waals surface area contributed by atoms with Crippen LogP contribution in [0.25, 0.3) is 0 Å². The van der Waals surface area contributed by atoms with Crippen molar-refractivity contribution >= 4 is 46.8 Å². The van der Waals surface area contributed by atoms with Crippen LogP contribution in [0.1, 0.15) is 89.9 Å². The molecule has 4 unspecified atom stereocenters.